The molecule has 0 bridgehead atoms. The van der Waals surface area contributed by atoms with E-state index in [-0.39, 0.29) is 29.9 Å². The maximum Gasteiger partial charge on any atom is 0 e. The summed E-state index contributed by atoms with van der Waals surface area (Å²) in [5, 5.41) is 0. The van der Waals surface area contributed by atoms with E-state index in [1.54, 1.807) is 0 Å². The van der Waals surface area contributed by atoms with Crippen LogP contribution in [0.1, 0.15) is 38.5 Å². The summed E-state index contributed by atoms with van der Waals surface area (Å²) in [5.74, 6) is 0.976. The molecule has 1 rings (SSSR count). The average molecular weight is 348 g/mol. The summed E-state index contributed by atoms with van der Waals surface area (Å²) in [4.78, 5) is 0. The van der Waals surface area contributed by atoms with Gasteiger partial charge >= 0.3 is 0 Å². The van der Waals surface area contributed by atoms with E-state index < -0.39 is 0 Å². The van der Waals surface area contributed by atoms with E-state index in [9.17, 15) is 0 Å². The molecule has 1 fully saturated rings. The predicted molar refractivity (Wildman–Crippen MR) is 36.5 cm³/mol. The van der Waals surface area contributed by atoms with Crippen LogP contribution in [0.15, 0.2) is 0 Å². The summed E-state index contributed by atoms with van der Waals surface area (Å²) in [6.07, 6.45) is 8.45. The molecule has 1 aliphatic rings. The van der Waals surface area contributed by atoms with Gasteiger partial charge < -0.3 is 6.92 Å². The van der Waals surface area contributed by atoms with Gasteiger partial charge in [-0.15, -0.1) is 0 Å². The van der Waals surface area contributed by atoms with Crippen molar-refractivity contribution in [1.29, 1.82) is 0 Å². The standard InChI is InChI=1S/C8H15.Np/c1-2-8-6-4-3-5-7-8;/h8H,1-7H2;/q-1;. The van der Waals surface area contributed by atoms with Crippen molar-refractivity contribution in [2.45, 2.75) is 38.5 Å². The van der Waals surface area contributed by atoms with Gasteiger partial charge in [0, 0.05) is 29.9 Å². The maximum atomic E-state index is 3.91. The molecule has 0 aromatic carbocycles. The van der Waals surface area contributed by atoms with Gasteiger partial charge in [0.15, 0.2) is 0 Å². The molecule has 1 saturated carbocycles. The van der Waals surface area contributed by atoms with Gasteiger partial charge in [-0.1, -0.05) is 38.0 Å². The van der Waals surface area contributed by atoms with Gasteiger partial charge in [0.1, 0.15) is 0 Å². The molecule has 0 aromatic heterocycles. The van der Waals surface area contributed by atoms with E-state index in [1.165, 1.54) is 38.5 Å². The first-order valence-corrected chi connectivity index (χ1v) is 3.72. The van der Waals surface area contributed by atoms with Gasteiger partial charge in [-0.3, -0.25) is 0 Å². The Hall–Kier alpha value is 1.01. The first kappa shape index (κ1) is 10.0. The molecule has 1 radical (unpaired) electrons. The molecule has 0 atom stereocenters. The molecule has 0 spiro atoms. The van der Waals surface area contributed by atoms with Crippen LogP contribution >= 0.6 is 0 Å². The zero-order valence-electron chi connectivity index (χ0n) is 5.97. The summed E-state index contributed by atoms with van der Waals surface area (Å²) in [5.41, 5.74) is 0. The summed E-state index contributed by atoms with van der Waals surface area (Å²) in [6.45, 7) is 3.91. The van der Waals surface area contributed by atoms with Gasteiger partial charge in [-0.2, -0.15) is 6.42 Å². The van der Waals surface area contributed by atoms with Crippen LogP contribution in [-0.4, -0.2) is 0 Å². The van der Waals surface area contributed by atoms with Crippen molar-refractivity contribution in [2.24, 2.45) is 5.92 Å². The Bertz CT molecular complexity index is 55.6. The van der Waals surface area contributed by atoms with Gasteiger partial charge in [0.05, 0.1) is 0 Å². The summed E-state index contributed by atoms with van der Waals surface area (Å²) >= 11 is 0. The first-order chi connectivity index (χ1) is 3.93. The van der Waals surface area contributed by atoms with E-state index >= 15 is 0 Å². The molecule has 0 amide bonds. The minimum absolute atomic E-state index is 0. The van der Waals surface area contributed by atoms with Crippen molar-refractivity contribution in [3.8, 4) is 0 Å². The monoisotopic (exact) mass is 347 g/mol. The molecule has 53 valence electrons. The van der Waals surface area contributed by atoms with Crippen molar-refractivity contribution in [3.05, 3.63) is 6.92 Å². The molecule has 0 heterocycles. The van der Waals surface area contributed by atoms with Crippen molar-refractivity contribution < 1.29 is 29.9 Å². The van der Waals surface area contributed by atoms with E-state index in [0.717, 1.165) is 5.92 Å². The van der Waals surface area contributed by atoms with Crippen LogP contribution in [0.3, 0.4) is 0 Å². The Kier molecular flexibility index (Phi) is 6.42. The summed E-state index contributed by atoms with van der Waals surface area (Å²) in [7, 11) is 0. The van der Waals surface area contributed by atoms with Crippen LogP contribution < -0.4 is 0 Å². The topological polar surface area (TPSA) is 0 Å². The molecule has 0 saturated heterocycles. The number of rotatable bonds is 1. The zero-order valence-corrected chi connectivity index (χ0v) is 9.70. The van der Waals surface area contributed by atoms with Crippen LogP contribution in [0.5, 0.6) is 0 Å². The van der Waals surface area contributed by atoms with Crippen molar-refractivity contribution in [3.63, 3.8) is 0 Å². The first-order valence-electron chi connectivity index (χ1n) is 3.72. The Labute approximate surface area is 81.1 Å². The minimum Gasteiger partial charge on any atom is -0.343 e. The zero-order chi connectivity index (χ0) is 5.82. The molecule has 0 unspecified atom stereocenters. The number of hydrogen-bond donors (Lipinski definition) is 0. The van der Waals surface area contributed by atoms with E-state index in [4.69, 9.17) is 0 Å². The molecule has 0 aliphatic heterocycles. The molecule has 0 nitrogen and oxygen atoms in total. The second kappa shape index (κ2) is 5.77. The Morgan fingerprint density at radius 2 is 1.67 bits per heavy atom. The van der Waals surface area contributed by atoms with Crippen LogP contribution in [0, 0.1) is 42.8 Å². The van der Waals surface area contributed by atoms with Gasteiger partial charge in [-0.25, -0.2) is 0 Å². The smallest absolute Gasteiger partial charge is 0 e. The molecule has 9 heavy (non-hydrogen) atoms. The Balaban J connectivity index is 0.000000640. The van der Waals surface area contributed by atoms with E-state index in [0.29, 0.717) is 0 Å². The van der Waals surface area contributed by atoms with Gasteiger partial charge in [-0.05, 0) is 0 Å². The molecule has 1 aliphatic carbocycles. The molecule has 0 N–H and O–H groups in total. The largest absolute Gasteiger partial charge is 0.343 e. The van der Waals surface area contributed by atoms with Crippen LogP contribution in [0.4, 0.5) is 0 Å². The van der Waals surface area contributed by atoms with Crippen molar-refractivity contribution in [1.82, 2.24) is 0 Å². The van der Waals surface area contributed by atoms with E-state index in [1.807, 2.05) is 0 Å². The fraction of sp³-hybridized carbons (Fsp3) is 0.875. The van der Waals surface area contributed by atoms with Gasteiger partial charge in [0.2, 0.25) is 0 Å². The van der Waals surface area contributed by atoms with Crippen molar-refractivity contribution in [2.75, 3.05) is 0 Å². The Morgan fingerprint density at radius 3 is 2.00 bits per heavy atom. The molecule has 1 heteroatoms. The van der Waals surface area contributed by atoms with Crippen LogP contribution in [0.2, 0.25) is 0 Å². The van der Waals surface area contributed by atoms with Crippen molar-refractivity contribution >= 4 is 0 Å². The quantitative estimate of drug-likeness (QED) is 0.640. The number of hydrogen-bond acceptors (Lipinski definition) is 0. The normalized spacial score (nSPS) is 21.0. The summed E-state index contributed by atoms with van der Waals surface area (Å²) in [6, 6.07) is 0. The molecule has 0 aromatic rings. The molecular weight excluding hydrogens is 333 g/mol. The fourth-order valence-electron chi connectivity index (χ4n) is 1.48. The SMILES string of the molecule is [CH2-]CC1CCCCC1.[Np]. The maximum absolute atomic E-state index is 3.91. The van der Waals surface area contributed by atoms with Crippen LogP contribution in [-0.2, 0) is 0 Å². The average Bonchev–Trinajstić information content (AvgIpc) is 1.90. The Morgan fingerprint density at radius 1 is 1.11 bits per heavy atom. The third kappa shape index (κ3) is 3.65. The summed E-state index contributed by atoms with van der Waals surface area (Å²) < 4.78 is 0. The minimum atomic E-state index is 0. The molecular formula is C8H15Np-. The predicted octanol–water partition coefficient (Wildman–Crippen LogP) is 2.79. The van der Waals surface area contributed by atoms with Crippen LogP contribution in [0.25, 0.3) is 0 Å². The van der Waals surface area contributed by atoms with Gasteiger partial charge in [0.25, 0.3) is 0 Å². The second-order valence-electron chi connectivity index (χ2n) is 2.79. The second-order valence-corrected chi connectivity index (χ2v) is 2.79. The third-order valence-electron chi connectivity index (χ3n) is 2.13. The van der Waals surface area contributed by atoms with E-state index in [2.05, 4.69) is 6.92 Å². The third-order valence-corrected chi connectivity index (χ3v) is 2.13. The fourth-order valence-corrected chi connectivity index (χ4v) is 1.48.